The van der Waals surface area contributed by atoms with Gasteiger partial charge in [-0.15, -0.1) is 0 Å². The van der Waals surface area contributed by atoms with Crippen molar-refractivity contribution in [3.63, 3.8) is 0 Å². The van der Waals surface area contributed by atoms with Crippen LogP contribution in [0.1, 0.15) is 92.9 Å². The van der Waals surface area contributed by atoms with E-state index in [2.05, 4.69) is 33.8 Å². The number of fused-ring (bicyclic) bond motifs is 5. The molecule has 0 spiro atoms. The molecular formula is C29H46O4. The zero-order valence-corrected chi connectivity index (χ0v) is 21.7. The highest BCUT2D eigenvalue weighted by molar-refractivity contribution is 5.85. The third-order valence-electron chi connectivity index (χ3n) is 11.5. The number of hydrogen-bond acceptors (Lipinski definition) is 4. The van der Waals surface area contributed by atoms with Gasteiger partial charge in [0.1, 0.15) is 11.9 Å². The Hall–Kier alpha value is -0.710. The van der Waals surface area contributed by atoms with Crippen LogP contribution in [0.3, 0.4) is 0 Å². The topological polar surface area (TPSA) is 66.8 Å². The number of rotatable bonds is 2. The lowest BCUT2D eigenvalue weighted by Gasteiger charge is -2.60. The summed E-state index contributed by atoms with van der Waals surface area (Å²) >= 11 is 0. The molecule has 1 heterocycles. The van der Waals surface area contributed by atoms with E-state index in [1.165, 1.54) is 25.7 Å². The molecule has 0 aromatic carbocycles. The van der Waals surface area contributed by atoms with Crippen LogP contribution < -0.4 is 0 Å². The van der Waals surface area contributed by atoms with Crippen molar-refractivity contribution in [2.75, 3.05) is 6.61 Å². The van der Waals surface area contributed by atoms with E-state index in [0.29, 0.717) is 42.0 Å². The van der Waals surface area contributed by atoms with Crippen molar-refractivity contribution in [1.82, 2.24) is 0 Å². The molecule has 4 heteroatoms. The fourth-order valence-electron chi connectivity index (χ4n) is 9.73. The van der Waals surface area contributed by atoms with Gasteiger partial charge >= 0.3 is 0 Å². The SMILES string of the molecule is CC(C)(O)[C@@H]1OC[C@H]([C@@H]2CC[C@@H]3C4=CC[C@H]5C(C)(C)C(=O)CC[C@]5(C)[C@H]4CC[C@]32C)C[C@H]1O. The first-order valence-electron chi connectivity index (χ1n) is 13.6. The molecule has 4 aliphatic carbocycles. The summed E-state index contributed by atoms with van der Waals surface area (Å²) in [6, 6.07) is 0. The van der Waals surface area contributed by atoms with Crippen molar-refractivity contribution in [3.05, 3.63) is 11.6 Å². The van der Waals surface area contributed by atoms with Gasteiger partial charge in [-0.1, -0.05) is 39.3 Å². The molecule has 0 amide bonds. The minimum Gasteiger partial charge on any atom is -0.390 e. The highest BCUT2D eigenvalue weighted by Gasteiger charge is 2.61. The van der Waals surface area contributed by atoms with Crippen molar-refractivity contribution in [3.8, 4) is 0 Å². The van der Waals surface area contributed by atoms with Crippen molar-refractivity contribution < 1.29 is 19.7 Å². The predicted octanol–water partition coefficient (Wildman–Crippen LogP) is 5.31. The maximum atomic E-state index is 12.8. The Bertz CT molecular complexity index is 837. The molecule has 0 unspecified atom stereocenters. The average Bonchev–Trinajstić information content (AvgIpc) is 3.07. The molecule has 33 heavy (non-hydrogen) atoms. The Morgan fingerprint density at radius 1 is 1.03 bits per heavy atom. The molecule has 1 aliphatic heterocycles. The molecule has 0 bridgehead atoms. The zero-order valence-electron chi connectivity index (χ0n) is 21.7. The Labute approximate surface area is 200 Å². The minimum atomic E-state index is -1.02. The summed E-state index contributed by atoms with van der Waals surface area (Å²) in [4.78, 5) is 12.8. The smallest absolute Gasteiger partial charge is 0.138 e. The highest BCUT2D eigenvalue weighted by Crippen LogP contribution is 2.68. The largest absolute Gasteiger partial charge is 0.390 e. The van der Waals surface area contributed by atoms with Crippen LogP contribution in [0, 0.1) is 45.8 Å². The molecule has 5 rings (SSSR count). The van der Waals surface area contributed by atoms with E-state index in [-0.39, 0.29) is 16.2 Å². The molecule has 5 aliphatic rings. The Morgan fingerprint density at radius 2 is 1.73 bits per heavy atom. The highest BCUT2D eigenvalue weighted by atomic mass is 16.5. The molecule has 2 N–H and O–H groups in total. The van der Waals surface area contributed by atoms with E-state index in [4.69, 9.17) is 4.74 Å². The van der Waals surface area contributed by atoms with E-state index in [1.807, 2.05) is 0 Å². The number of ketones is 1. The summed E-state index contributed by atoms with van der Waals surface area (Å²) in [5.41, 5.74) is 0.993. The molecule has 1 saturated heterocycles. The number of aliphatic hydroxyl groups is 2. The Morgan fingerprint density at radius 3 is 2.39 bits per heavy atom. The first-order valence-corrected chi connectivity index (χ1v) is 13.6. The number of ether oxygens (including phenoxy) is 1. The lowest BCUT2D eigenvalue weighted by atomic mass is 9.44. The molecule has 3 saturated carbocycles. The molecule has 9 atom stereocenters. The molecule has 0 aromatic heterocycles. The molecular weight excluding hydrogens is 412 g/mol. The third-order valence-corrected chi connectivity index (χ3v) is 11.5. The predicted molar refractivity (Wildman–Crippen MR) is 130 cm³/mol. The van der Waals surface area contributed by atoms with Crippen LogP contribution in [-0.2, 0) is 9.53 Å². The summed E-state index contributed by atoms with van der Waals surface area (Å²) in [5, 5.41) is 21.2. The number of carbonyl (C=O) groups is 1. The van der Waals surface area contributed by atoms with E-state index in [1.54, 1.807) is 19.4 Å². The number of carbonyl (C=O) groups excluding carboxylic acids is 1. The fraction of sp³-hybridized carbons (Fsp3) is 0.897. The molecule has 0 radical (unpaired) electrons. The second-order valence-electron chi connectivity index (χ2n) is 13.9. The van der Waals surface area contributed by atoms with Crippen LogP contribution in [0.15, 0.2) is 11.6 Å². The van der Waals surface area contributed by atoms with Crippen LogP contribution in [-0.4, -0.2) is 40.4 Å². The van der Waals surface area contributed by atoms with Gasteiger partial charge < -0.3 is 14.9 Å². The van der Waals surface area contributed by atoms with Crippen LogP contribution in [0.5, 0.6) is 0 Å². The van der Waals surface area contributed by atoms with E-state index >= 15 is 0 Å². The van der Waals surface area contributed by atoms with Gasteiger partial charge in [0.05, 0.1) is 18.3 Å². The fourth-order valence-corrected chi connectivity index (χ4v) is 9.73. The second kappa shape index (κ2) is 7.64. The van der Waals surface area contributed by atoms with Crippen molar-refractivity contribution >= 4 is 5.78 Å². The summed E-state index contributed by atoms with van der Waals surface area (Å²) in [7, 11) is 0. The molecule has 186 valence electrons. The normalized spacial score (nSPS) is 49.6. The van der Waals surface area contributed by atoms with Gasteiger partial charge in [0.25, 0.3) is 0 Å². The zero-order chi connectivity index (χ0) is 24.0. The Kier molecular flexibility index (Phi) is 5.56. The van der Waals surface area contributed by atoms with Crippen LogP contribution in [0.25, 0.3) is 0 Å². The standard InChI is InChI=1S/C29H46O4/c1-26(2)23-10-7-18-20-9-8-19(17-15-22(30)25(33-16-17)27(3,4)32)28(20,5)13-11-21(18)29(23,6)14-12-24(26)31/h7,17,19-23,25,30,32H,8-16H2,1-6H3/t17-,19+,20-,21+,22-,23+,25-,28+,29-/m1/s1. The second-order valence-corrected chi connectivity index (χ2v) is 13.9. The van der Waals surface area contributed by atoms with Crippen LogP contribution in [0.4, 0.5) is 0 Å². The van der Waals surface area contributed by atoms with Gasteiger partial charge in [0.2, 0.25) is 0 Å². The van der Waals surface area contributed by atoms with Gasteiger partial charge in [-0.2, -0.15) is 0 Å². The lowest BCUT2D eigenvalue weighted by molar-refractivity contribution is -0.186. The average molecular weight is 459 g/mol. The third kappa shape index (κ3) is 3.44. The first kappa shape index (κ1) is 24.0. The number of hydrogen-bond donors (Lipinski definition) is 2. The monoisotopic (exact) mass is 458 g/mol. The van der Waals surface area contributed by atoms with Crippen molar-refractivity contribution in [1.29, 1.82) is 0 Å². The summed E-state index contributed by atoms with van der Waals surface area (Å²) in [5.74, 6) is 3.10. The van der Waals surface area contributed by atoms with Gasteiger partial charge in [0, 0.05) is 11.8 Å². The molecule has 4 fully saturated rings. The van der Waals surface area contributed by atoms with Gasteiger partial charge in [-0.25, -0.2) is 0 Å². The Balaban J connectivity index is 1.38. The van der Waals surface area contributed by atoms with Crippen molar-refractivity contribution in [2.45, 2.75) is 111 Å². The maximum Gasteiger partial charge on any atom is 0.138 e. The van der Waals surface area contributed by atoms with E-state index in [9.17, 15) is 15.0 Å². The summed E-state index contributed by atoms with van der Waals surface area (Å²) < 4.78 is 6.08. The summed E-state index contributed by atoms with van der Waals surface area (Å²) in [6.45, 7) is 13.5. The maximum absolute atomic E-state index is 12.8. The van der Waals surface area contributed by atoms with Crippen LogP contribution >= 0.6 is 0 Å². The first-order chi connectivity index (χ1) is 15.3. The lowest BCUT2D eigenvalue weighted by Crippen LogP contribution is -2.56. The quantitative estimate of drug-likeness (QED) is 0.551. The van der Waals surface area contributed by atoms with Gasteiger partial charge in [-0.05, 0) is 99.2 Å². The number of Topliss-reactive ketones (excluding diaryl/α,β-unsaturated/α-hetero) is 1. The summed E-state index contributed by atoms with van der Waals surface area (Å²) in [6.07, 6.45) is 9.98. The van der Waals surface area contributed by atoms with E-state index < -0.39 is 17.8 Å². The van der Waals surface area contributed by atoms with Gasteiger partial charge in [0.15, 0.2) is 0 Å². The molecule has 4 nitrogen and oxygen atoms in total. The molecule has 0 aromatic rings. The van der Waals surface area contributed by atoms with E-state index in [0.717, 1.165) is 25.7 Å². The van der Waals surface area contributed by atoms with Gasteiger partial charge in [-0.3, -0.25) is 4.79 Å². The van der Waals surface area contributed by atoms with Crippen molar-refractivity contribution in [2.24, 2.45) is 45.8 Å². The van der Waals surface area contributed by atoms with Crippen LogP contribution in [0.2, 0.25) is 0 Å². The minimum absolute atomic E-state index is 0.208. The number of allylic oxidation sites excluding steroid dienone is 2. The number of aliphatic hydroxyl groups excluding tert-OH is 1.